The highest BCUT2D eigenvalue weighted by Gasteiger charge is 2.64. The highest BCUT2D eigenvalue weighted by molar-refractivity contribution is 8.01. The van der Waals surface area contributed by atoms with Gasteiger partial charge in [-0.05, 0) is 33.3 Å². The van der Waals surface area contributed by atoms with Crippen LogP contribution in [-0.4, -0.2) is 72.5 Å². The van der Waals surface area contributed by atoms with Crippen LogP contribution in [0.5, 0.6) is 0 Å². The van der Waals surface area contributed by atoms with Gasteiger partial charge in [0.25, 0.3) is 0 Å². The summed E-state index contributed by atoms with van der Waals surface area (Å²) < 4.78 is 2.26. The van der Waals surface area contributed by atoms with Crippen molar-refractivity contribution < 1.29 is 29.0 Å². The van der Waals surface area contributed by atoms with E-state index in [4.69, 9.17) is 39.5 Å². The highest BCUT2D eigenvalue weighted by Crippen LogP contribution is 2.50. The molecule has 2 heterocycles. The molecule has 0 aliphatic carbocycles. The van der Waals surface area contributed by atoms with E-state index < -0.39 is 62.5 Å². The van der Waals surface area contributed by atoms with Gasteiger partial charge in [-0.1, -0.05) is 40.9 Å². The number of carbonyl (C=O) groups excluding carboxylic acids is 3. The van der Waals surface area contributed by atoms with E-state index in [1.54, 1.807) is 33.8 Å². The fourth-order valence-electron chi connectivity index (χ4n) is 3.24. The average Bonchev–Trinajstić information content (AvgIpc) is 2.89. The molecule has 0 aromatic heterocycles. The Bertz CT molecular complexity index is 785. The zero-order chi connectivity index (χ0) is 23.0. The third kappa shape index (κ3) is 5.27. The Hall–Kier alpha value is -1.36. The Balaban J connectivity index is 2.07. The third-order valence-electron chi connectivity index (χ3n) is 4.77. The van der Waals surface area contributed by atoms with Crippen LogP contribution in [0.1, 0.15) is 27.7 Å². The van der Waals surface area contributed by atoms with Crippen LogP contribution < -0.4 is 10.6 Å². The van der Waals surface area contributed by atoms with Crippen molar-refractivity contribution in [2.75, 3.05) is 6.61 Å². The van der Waals surface area contributed by atoms with Crippen molar-refractivity contribution in [2.45, 2.75) is 59.7 Å². The SMILES string of the molecule is C/C=C(\C)C(NC(=O)OCC(Cl)(Cl)Cl)C(=O)N[C@H]1C(=O)N2[C@@H]1SC(C)(C)[C@@H]2C(=O)O. The summed E-state index contributed by atoms with van der Waals surface area (Å²) in [6.07, 6.45) is 0.633. The van der Waals surface area contributed by atoms with Crippen LogP contribution in [0.15, 0.2) is 11.6 Å². The summed E-state index contributed by atoms with van der Waals surface area (Å²) in [5.74, 6) is -2.24. The van der Waals surface area contributed by atoms with Crippen molar-refractivity contribution in [3.8, 4) is 0 Å². The van der Waals surface area contributed by atoms with E-state index in [-0.39, 0.29) is 0 Å². The van der Waals surface area contributed by atoms with Gasteiger partial charge >= 0.3 is 12.1 Å². The molecule has 0 aromatic rings. The van der Waals surface area contributed by atoms with E-state index in [9.17, 15) is 24.3 Å². The highest BCUT2D eigenvalue weighted by atomic mass is 35.6. The Labute approximate surface area is 192 Å². The number of ether oxygens (including phenoxy) is 1. The third-order valence-corrected chi connectivity index (χ3v) is 6.67. The molecule has 168 valence electrons. The number of carbonyl (C=O) groups is 4. The fourth-order valence-corrected chi connectivity index (χ4v) is 5.03. The number of carboxylic acid groups (broad SMARTS) is 1. The van der Waals surface area contributed by atoms with Crippen LogP contribution in [0.3, 0.4) is 0 Å². The number of alkyl halides is 3. The summed E-state index contributed by atoms with van der Waals surface area (Å²) in [4.78, 5) is 50.2. The number of fused-ring (bicyclic) bond motifs is 1. The number of hydrogen-bond acceptors (Lipinski definition) is 6. The lowest BCUT2D eigenvalue weighted by Crippen LogP contribution is -2.71. The number of rotatable bonds is 6. The lowest BCUT2D eigenvalue weighted by molar-refractivity contribution is -0.161. The van der Waals surface area contributed by atoms with Gasteiger partial charge in [-0.25, -0.2) is 9.59 Å². The van der Waals surface area contributed by atoms with E-state index in [0.29, 0.717) is 5.57 Å². The molecular formula is C17H22Cl3N3O6S. The van der Waals surface area contributed by atoms with Gasteiger partial charge in [0.05, 0.1) is 0 Å². The number of nitrogens with zero attached hydrogens (tertiary/aromatic N) is 1. The Kier molecular flexibility index (Phi) is 7.49. The molecule has 0 aromatic carbocycles. The second-order valence-corrected chi connectivity index (χ2v) is 11.7. The molecule has 3 N–H and O–H groups in total. The summed E-state index contributed by atoms with van der Waals surface area (Å²) in [7, 11) is 0. The minimum Gasteiger partial charge on any atom is -0.480 e. The summed E-state index contributed by atoms with van der Waals surface area (Å²) in [6, 6.07) is -3.03. The van der Waals surface area contributed by atoms with Crippen molar-refractivity contribution in [1.29, 1.82) is 0 Å². The summed E-state index contributed by atoms with van der Waals surface area (Å²) in [5.41, 5.74) is 0.491. The molecular weight excluding hydrogens is 481 g/mol. The molecule has 9 nitrogen and oxygen atoms in total. The number of carboxylic acids is 1. The number of halogens is 3. The smallest absolute Gasteiger partial charge is 0.408 e. The Morgan fingerprint density at radius 3 is 2.47 bits per heavy atom. The van der Waals surface area contributed by atoms with Crippen LogP contribution >= 0.6 is 46.6 Å². The molecule has 30 heavy (non-hydrogen) atoms. The number of alkyl carbamates (subject to hydrolysis) is 1. The molecule has 2 saturated heterocycles. The Morgan fingerprint density at radius 2 is 1.97 bits per heavy atom. The van der Waals surface area contributed by atoms with Gasteiger partial charge in [0.2, 0.25) is 15.6 Å². The molecule has 2 aliphatic heterocycles. The molecule has 2 rings (SSSR count). The second kappa shape index (κ2) is 9.02. The van der Waals surface area contributed by atoms with Crippen molar-refractivity contribution in [3.05, 3.63) is 11.6 Å². The average molecular weight is 503 g/mol. The number of amides is 3. The number of aliphatic carboxylic acids is 1. The molecule has 2 aliphatic rings. The van der Waals surface area contributed by atoms with Crippen molar-refractivity contribution in [3.63, 3.8) is 0 Å². The van der Waals surface area contributed by atoms with E-state index in [2.05, 4.69) is 10.6 Å². The molecule has 1 unspecified atom stereocenters. The van der Waals surface area contributed by atoms with Crippen LogP contribution in [0.25, 0.3) is 0 Å². The van der Waals surface area contributed by atoms with Crippen LogP contribution in [-0.2, 0) is 19.1 Å². The quantitative estimate of drug-likeness (QED) is 0.288. The van der Waals surface area contributed by atoms with Gasteiger partial charge < -0.3 is 25.4 Å². The molecule has 0 saturated carbocycles. The first-order valence-corrected chi connectivity index (χ1v) is 10.9. The summed E-state index contributed by atoms with van der Waals surface area (Å²) >= 11 is 17.9. The molecule has 3 amide bonds. The molecule has 2 fully saturated rings. The number of β-lactam (4-membered cyclic amide) rings is 1. The first-order chi connectivity index (χ1) is 13.7. The van der Waals surface area contributed by atoms with Gasteiger partial charge in [0.15, 0.2) is 0 Å². The zero-order valence-electron chi connectivity index (χ0n) is 16.6. The molecule has 0 radical (unpaired) electrons. The van der Waals surface area contributed by atoms with Gasteiger partial charge in [-0.15, -0.1) is 11.8 Å². The minimum absolute atomic E-state index is 0.491. The number of nitrogens with one attached hydrogen (secondary N) is 2. The van der Waals surface area contributed by atoms with Gasteiger partial charge in [-0.3, -0.25) is 9.59 Å². The zero-order valence-corrected chi connectivity index (χ0v) is 19.7. The lowest BCUT2D eigenvalue weighted by Gasteiger charge is -2.44. The van der Waals surface area contributed by atoms with Gasteiger partial charge in [0, 0.05) is 4.75 Å². The second-order valence-electron chi connectivity index (χ2n) is 7.39. The largest absolute Gasteiger partial charge is 0.480 e. The number of allylic oxidation sites excluding steroid dienone is 1. The van der Waals surface area contributed by atoms with Gasteiger partial charge in [-0.2, -0.15) is 0 Å². The van der Waals surface area contributed by atoms with Crippen LogP contribution in [0, 0.1) is 0 Å². The molecule has 0 bridgehead atoms. The maximum absolute atomic E-state index is 12.8. The fraction of sp³-hybridized carbons (Fsp3) is 0.647. The van der Waals surface area contributed by atoms with E-state index in [0.717, 1.165) is 0 Å². The predicted octanol–water partition coefficient (Wildman–Crippen LogP) is 2.05. The van der Waals surface area contributed by atoms with Crippen molar-refractivity contribution in [2.24, 2.45) is 0 Å². The number of thioether (sulfide) groups is 1. The van der Waals surface area contributed by atoms with E-state index in [1.165, 1.54) is 16.7 Å². The monoisotopic (exact) mass is 501 g/mol. The van der Waals surface area contributed by atoms with Crippen LogP contribution in [0.2, 0.25) is 0 Å². The molecule has 0 spiro atoms. The topological polar surface area (TPSA) is 125 Å². The maximum atomic E-state index is 12.8. The van der Waals surface area contributed by atoms with Crippen molar-refractivity contribution in [1.82, 2.24) is 15.5 Å². The molecule has 13 heteroatoms. The first-order valence-electron chi connectivity index (χ1n) is 8.85. The summed E-state index contributed by atoms with van der Waals surface area (Å²) in [5, 5.41) is 13.9. The van der Waals surface area contributed by atoms with Gasteiger partial charge in [0.1, 0.15) is 30.1 Å². The van der Waals surface area contributed by atoms with E-state index in [1.807, 2.05) is 0 Å². The summed E-state index contributed by atoms with van der Waals surface area (Å²) in [6.45, 7) is 6.23. The predicted molar refractivity (Wildman–Crippen MR) is 114 cm³/mol. The maximum Gasteiger partial charge on any atom is 0.408 e. The van der Waals surface area contributed by atoms with E-state index >= 15 is 0 Å². The molecule has 4 atom stereocenters. The van der Waals surface area contributed by atoms with Crippen LogP contribution in [0.4, 0.5) is 4.79 Å². The Morgan fingerprint density at radius 1 is 1.37 bits per heavy atom. The number of hydrogen-bond donors (Lipinski definition) is 3. The van der Waals surface area contributed by atoms with Crippen molar-refractivity contribution >= 4 is 70.4 Å². The minimum atomic E-state index is -1.81. The lowest BCUT2D eigenvalue weighted by atomic mass is 9.95. The standard InChI is InChI=1S/C17H22Cl3N3O6S/c1-5-7(2)8(22-15(28)29-6-17(18,19)20)11(24)21-9-12(25)23-10(14(26)27)16(3,4)30-13(9)23/h5,8-10,13H,6H2,1-4H3,(H,21,24)(H,22,28)(H,26,27)/b7-5+/t8?,9-,10-,13+/m0/s1. The first kappa shape index (κ1) is 24.9. The normalized spacial score (nSPS) is 26.4.